The molecule has 0 spiro atoms. The Morgan fingerprint density at radius 3 is 1.97 bits per heavy atom. The molecule has 206 valence electrons. The van der Waals surface area contributed by atoms with Gasteiger partial charge in [0.05, 0.1) is 59.0 Å². The van der Waals surface area contributed by atoms with Gasteiger partial charge in [0.25, 0.3) is 17.7 Å². The molecule has 1 aliphatic rings. The molecule has 0 radical (unpaired) electrons. The zero-order valence-electron chi connectivity index (χ0n) is 23.6. The van der Waals surface area contributed by atoms with Crippen LogP contribution in [0.3, 0.4) is 0 Å². The van der Waals surface area contributed by atoms with Crippen LogP contribution in [0.2, 0.25) is 0 Å². The van der Waals surface area contributed by atoms with Crippen LogP contribution in [-0.2, 0) is 0 Å². The van der Waals surface area contributed by atoms with E-state index >= 15 is 0 Å². The molecule has 0 saturated heterocycles. The Kier molecular flexibility index (Phi) is 10.9. The molecule has 0 atom stereocenters. The first-order valence-electron chi connectivity index (χ1n) is 13.8. The first kappa shape index (κ1) is 29.4. The van der Waals surface area contributed by atoms with Crippen molar-refractivity contribution in [1.82, 2.24) is 10.1 Å². The van der Waals surface area contributed by atoms with E-state index in [9.17, 15) is 9.59 Å². The van der Waals surface area contributed by atoms with Crippen LogP contribution in [0.5, 0.6) is 5.88 Å². The number of imide groups is 1. The largest absolute Gasteiger partial charge is 0.462 e. The zero-order chi connectivity index (χ0) is 27.4. The number of fused-ring (bicyclic) bond motifs is 1. The van der Waals surface area contributed by atoms with Crippen LogP contribution in [0.25, 0.3) is 0 Å². The van der Waals surface area contributed by atoms with Crippen molar-refractivity contribution in [2.75, 3.05) is 67.5 Å². The summed E-state index contributed by atoms with van der Waals surface area (Å²) in [6.07, 6.45) is 9.75. The lowest BCUT2D eigenvalue weighted by molar-refractivity contribution is -0.890. The van der Waals surface area contributed by atoms with E-state index in [1.165, 1.54) is 49.7 Å². The summed E-state index contributed by atoms with van der Waals surface area (Å²) >= 11 is 0. The molecule has 0 aliphatic carbocycles. The predicted octanol–water partition coefficient (Wildman–Crippen LogP) is 4.24. The lowest BCUT2D eigenvalue weighted by Crippen LogP contribution is -2.43. The van der Waals surface area contributed by atoms with Gasteiger partial charge in [0, 0.05) is 19.0 Å². The van der Waals surface area contributed by atoms with E-state index in [1.807, 2.05) is 12.1 Å². The van der Waals surface area contributed by atoms with Gasteiger partial charge in [-0.3, -0.25) is 14.5 Å². The van der Waals surface area contributed by atoms with Crippen LogP contribution in [-0.4, -0.2) is 98.4 Å². The fourth-order valence-electron chi connectivity index (χ4n) is 4.78. The highest BCUT2D eigenvalue weighted by molar-refractivity contribution is 6.21. The second-order valence-corrected chi connectivity index (χ2v) is 11.5. The number of quaternary nitrogens is 2. The molecule has 0 unspecified atom stereocenters. The maximum atomic E-state index is 12.5. The molecule has 1 aromatic carbocycles. The van der Waals surface area contributed by atoms with E-state index in [1.54, 1.807) is 18.2 Å². The summed E-state index contributed by atoms with van der Waals surface area (Å²) < 4.78 is 11.9. The summed E-state index contributed by atoms with van der Waals surface area (Å²) in [5.41, 5.74) is 1.07. The second-order valence-electron chi connectivity index (χ2n) is 11.5. The normalized spacial score (nSPS) is 13.4. The van der Waals surface area contributed by atoms with Crippen molar-refractivity contribution in [3.63, 3.8) is 0 Å². The molecular weight excluding hydrogens is 480 g/mol. The SMILES string of the molecule is C[N+](C)(CC#CCOc1ccon1)CCCCCCCC[N+](C)(C)CCCN1C(=O)c2ccccc2C1=O. The van der Waals surface area contributed by atoms with E-state index in [2.05, 4.69) is 45.2 Å². The molecular formula is C30H44N4O4+2. The van der Waals surface area contributed by atoms with Gasteiger partial charge in [-0.2, -0.15) is 0 Å². The van der Waals surface area contributed by atoms with Crippen molar-refractivity contribution in [1.29, 1.82) is 0 Å². The monoisotopic (exact) mass is 524 g/mol. The summed E-state index contributed by atoms with van der Waals surface area (Å²) in [4.78, 5) is 26.5. The minimum absolute atomic E-state index is 0.153. The molecule has 0 N–H and O–H groups in total. The maximum absolute atomic E-state index is 12.5. The summed E-state index contributed by atoms with van der Waals surface area (Å²) in [5, 5.41) is 3.70. The van der Waals surface area contributed by atoms with E-state index in [0.29, 0.717) is 30.2 Å². The van der Waals surface area contributed by atoms with Gasteiger partial charge in [-0.05, 0) is 48.9 Å². The van der Waals surface area contributed by atoms with Crippen molar-refractivity contribution < 1.29 is 27.8 Å². The first-order valence-corrected chi connectivity index (χ1v) is 13.8. The van der Waals surface area contributed by atoms with Crippen molar-refractivity contribution in [2.24, 2.45) is 0 Å². The minimum atomic E-state index is -0.153. The Hall–Kier alpha value is -3.15. The van der Waals surface area contributed by atoms with Gasteiger partial charge in [0.15, 0.2) is 6.61 Å². The molecule has 3 rings (SSSR count). The Labute approximate surface area is 227 Å². The predicted molar refractivity (Wildman–Crippen MR) is 148 cm³/mol. The topological polar surface area (TPSA) is 72.6 Å². The number of carbonyl (C=O) groups is 2. The van der Waals surface area contributed by atoms with E-state index in [0.717, 1.165) is 41.6 Å². The lowest BCUT2D eigenvalue weighted by Gasteiger charge is -2.30. The van der Waals surface area contributed by atoms with Crippen molar-refractivity contribution in [2.45, 2.75) is 44.9 Å². The van der Waals surface area contributed by atoms with Crippen LogP contribution in [0.1, 0.15) is 65.7 Å². The minimum Gasteiger partial charge on any atom is -0.462 e. The summed E-state index contributed by atoms with van der Waals surface area (Å²) in [7, 11) is 8.93. The molecule has 2 amide bonds. The van der Waals surface area contributed by atoms with Crippen LogP contribution in [0.15, 0.2) is 41.1 Å². The van der Waals surface area contributed by atoms with Crippen molar-refractivity contribution in [3.8, 4) is 17.7 Å². The number of unbranched alkanes of at least 4 members (excludes halogenated alkanes) is 5. The molecule has 38 heavy (non-hydrogen) atoms. The van der Waals surface area contributed by atoms with Crippen molar-refractivity contribution in [3.05, 3.63) is 47.7 Å². The number of ether oxygens (including phenoxy) is 1. The Morgan fingerprint density at radius 1 is 0.789 bits per heavy atom. The quantitative estimate of drug-likeness (QED) is 0.142. The highest BCUT2D eigenvalue weighted by atomic mass is 16.5. The standard InChI is InChI=1S/C30H44N4O4/c1-33(2,22-13-14-24-37-28-18-25-38-31-28)20-11-7-5-6-8-12-21-34(3,4)23-15-19-32-29(35)26-16-9-10-17-27(26)30(32)36/h9-10,16-18,25H,5-8,11-12,15,19-24H2,1-4H3/q+2. The zero-order valence-corrected chi connectivity index (χ0v) is 23.6. The number of amides is 2. The molecule has 8 nitrogen and oxygen atoms in total. The second kappa shape index (κ2) is 14.1. The highest BCUT2D eigenvalue weighted by Crippen LogP contribution is 2.22. The molecule has 0 bridgehead atoms. The number of rotatable bonds is 16. The number of nitrogens with zero attached hydrogens (tertiary/aromatic N) is 4. The Balaban J connectivity index is 1.19. The van der Waals surface area contributed by atoms with Crippen LogP contribution >= 0.6 is 0 Å². The summed E-state index contributed by atoms with van der Waals surface area (Å²) in [6.45, 7) is 4.82. The van der Waals surface area contributed by atoms with E-state index < -0.39 is 0 Å². The third-order valence-corrected chi connectivity index (χ3v) is 7.14. The maximum Gasteiger partial charge on any atom is 0.261 e. The number of aromatic nitrogens is 1. The van der Waals surface area contributed by atoms with Gasteiger partial charge in [-0.25, -0.2) is 0 Å². The number of benzene rings is 1. The van der Waals surface area contributed by atoms with Gasteiger partial charge in [-0.15, -0.1) is 0 Å². The lowest BCUT2D eigenvalue weighted by atomic mass is 10.1. The molecule has 0 fully saturated rings. The molecule has 2 heterocycles. The van der Waals surface area contributed by atoms with Gasteiger partial charge in [0.2, 0.25) is 0 Å². The molecule has 0 saturated carbocycles. The average molecular weight is 525 g/mol. The van der Waals surface area contributed by atoms with Crippen molar-refractivity contribution >= 4 is 11.8 Å². The van der Waals surface area contributed by atoms with Crippen LogP contribution in [0.4, 0.5) is 0 Å². The van der Waals surface area contributed by atoms with E-state index in [-0.39, 0.29) is 11.8 Å². The van der Waals surface area contributed by atoms with Gasteiger partial charge in [0.1, 0.15) is 12.8 Å². The van der Waals surface area contributed by atoms with Gasteiger partial charge in [-0.1, -0.05) is 30.9 Å². The molecule has 1 aliphatic heterocycles. The van der Waals surface area contributed by atoms with E-state index in [4.69, 9.17) is 9.26 Å². The number of carbonyl (C=O) groups excluding carboxylic acids is 2. The van der Waals surface area contributed by atoms with Gasteiger partial charge >= 0.3 is 0 Å². The third kappa shape index (κ3) is 9.30. The molecule has 2 aromatic rings. The Morgan fingerprint density at radius 2 is 1.37 bits per heavy atom. The highest BCUT2D eigenvalue weighted by Gasteiger charge is 2.34. The summed E-state index contributed by atoms with van der Waals surface area (Å²) in [5.74, 6) is 6.42. The smallest absolute Gasteiger partial charge is 0.261 e. The third-order valence-electron chi connectivity index (χ3n) is 7.14. The first-order chi connectivity index (χ1) is 18.2. The molecule has 8 heteroatoms. The van der Waals surface area contributed by atoms with Crippen LogP contribution < -0.4 is 4.74 Å². The average Bonchev–Trinajstić information content (AvgIpc) is 3.48. The van der Waals surface area contributed by atoms with Gasteiger partial charge < -0.3 is 18.2 Å². The number of hydrogen-bond acceptors (Lipinski definition) is 5. The van der Waals surface area contributed by atoms with Crippen LogP contribution in [0, 0.1) is 11.8 Å². The summed E-state index contributed by atoms with van der Waals surface area (Å²) in [6, 6.07) is 8.78. The Bertz CT molecular complexity index is 1060. The fraction of sp³-hybridized carbons (Fsp3) is 0.567. The fourth-order valence-corrected chi connectivity index (χ4v) is 4.78. The number of hydrogen-bond donors (Lipinski definition) is 0. The molecule has 1 aromatic heterocycles.